The maximum atomic E-state index is 2.49. The molecule has 3 rings (SSSR count). The summed E-state index contributed by atoms with van der Waals surface area (Å²) >= 11 is -1.50. The Kier molecular flexibility index (Phi) is 1.95. The van der Waals surface area contributed by atoms with Crippen LogP contribution in [0.5, 0.6) is 0 Å². The molecule has 0 unspecified atom stereocenters. The molecule has 1 heterocycles. The van der Waals surface area contributed by atoms with Gasteiger partial charge < -0.3 is 0 Å². The SMILES string of the molecule is [CH3][Bi]1[c]2ccccc2-c2cccc[c]21. The third-order valence-electron chi connectivity index (χ3n) is 2.82. The van der Waals surface area contributed by atoms with Crippen LogP contribution in [0.3, 0.4) is 0 Å². The van der Waals surface area contributed by atoms with Crippen LogP contribution in [-0.4, -0.2) is 21.8 Å². The summed E-state index contributed by atoms with van der Waals surface area (Å²) in [6.07, 6.45) is 0. The van der Waals surface area contributed by atoms with Gasteiger partial charge in [-0.2, -0.15) is 0 Å². The molecule has 0 radical (unpaired) electrons. The first-order valence-electron chi connectivity index (χ1n) is 4.80. The molecule has 0 aromatic heterocycles. The molecule has 0 spiro atoms. The molecule has 0 fully saturated rings. The summed E-state index contributed by atoms with van der Waals surface area (Å²) in [4.78, 5) is 0. The van der Waals surface area contributed by atoms with E-state index in [0.717, 1.165) is 0 Å². The number of fused-ring (bicyclic) bond motifs is 3. The third kappa shape index (κ3) is 1.09. The van der Waals surface area contributed by atoms with E-state index in [4.69, 9.17) is 0 Å². The topological polar surface area (TPSA) is 0 Å². The molecule has 1 aliphatic heterocycles. The summed E-state index contributed by atoms with van der Waals surface area (Å²) in [6.45, 7) is 0. The maximum absolute atomic E-state index is 2.49. The predicted octanol–water partition coefficient (Wildman–Crippen LogP) is 1.91. The van der Waals surface area contributed by atoms with Crippen LogP contribution in [0.25, 0.3) is 11.1 Å². The van der Waals surface area contributed by atoms with E-state index in [9.17, 15) is 0 Å². The second kappa shape index (κ2) is 3.17. The normalized spacial score (nSPS) is 13.8. The number of rotatable bonds is 0. The van der Waals surface area contributed by atoms with Gasteiger partial charge in [-0.15, -0.1) is 0 Å². The second-order valence-corrected chi connectivity index (χ2v) is 11.7. The quantitative estimate of drug-likeness (QED) is 0.617. The van der Waals surface area contributed by atoms with Crippen LogP contribution in [0.1, 0.15) is 0 Å². The standard InChI is InChI=1S/C12H8.CH3.Bi/c1-3-7-11(8-4-1)12-9-5-2-6-10-12;;/h1-7,9H;1H3;. The Morgan fingerprint density at radius 1 is 0.714 bits per heavy atom. The summed E-state index contributed by atoms with van der Waals surface area (Å²) < 4.78 is 5.83. The van der Waals surface area contributed by atoms with Gasteiger partial charge in [-0.05, 0) is 0 Å². The first kappa shape index (κ1) is 8.62. The Morgan fingerprint density at radius 3 is 1.64 bits per heavy atom. The molecule has 0 bridgehead atoms. The van der Waals surface area contributed by atoms with Gasteiger partial charge in [0.2, 0.25) is 0 Å². The van der Waals surface area contributed by atoms with E-state index in [2.05, 4.69) is 53.2 Å². The predicted molar refractivity (Wildman–Crippen MR) is 62.8 cm³/mol. The molecular weight excluding hydrogens is 365 g/mol. The average Bonchev–Trinajstić information content (AvgIpc) is 2.55. The molecule has 0 aliphatic carbocycles. The minimum absolute atomic E-state index is 1.50. The first-order valence-corrected chi connectivity index (χ1v) is 11.8. The summed E-state index contributed by atoms with van der Waals surface area (Å²) in [5, 5.41) is 0. The van der Waals surface area contributed by atoms with Crippen molar-refractivity contribution < 1.29 is 0 Å². The summed E-state index contributed by atoms with van der Waals surface area (Å²) in [6, 6.07) is 17.9. The third-order valence-corrected chi connectivity index (χ3v) is 11.5. The van der Waals surface area contributed by atoms with Crippen molar-refractivity contribution in [3.63, 3.8) is 0 Å². The van der Waals surface area contributed by atoms with Crippen LogP contribution in [0, 0.1) is 0 Å². The molecular formula is C13H11Bi. The van der Waals surface area contributed by atoms with Crippen LogP contribution in [0.15, 0.2) is 48.5 Å². The molecule has 68 valence electrons. The van der Waals surface area contributed by atoms with Gasteiger partial charge in [0.1, 0.15) is 0 Å². The van der Waals surface area contributed by atoms with Crippen LogP contribution < -0.4 is 6.54 Å². The first-order chi connectivity index (χ1) is 6.88. The fourth-order valence-electron chi connectivity index (χ4n) is 2.12. The van der Waals surface area contributed by atoms with Crippen molar-refractivity contribution >= 4 is 28.3 Å². The Balaban J connectivity index is 2.36. The molecule has 0 amide bonds. The number of hydrogen-bond donors (Lipinski definition) is 0. The van der Waals surface area contributed by atoms with Gasteiger partial charge in [0.25, 0.3) is 0 Å². The van der Waals surface area contributed by atoms with E-state index in [1.54, 1.807) is 6.54 Å². The molecule has 14 heavy (non-hydrogen) atoms. The van der Waals surface area contributed by atoms with Gasteiger partial charge >= 0.3 is 92.6 Å². The van der Waals surface area contributed by atoms with Crippen molar-refractivity contribution in [1.82, 2.24) is 0 Å². The van der Waals surface area contributed by atoms with Crippen molar-refractivity contribution in [2.24, 2.45) is 0 Å². The fourth-order valence-corrected chi connectivity index (χ4v) is 9.86. The molecule has 2 aromatic carbocycles. The molecule has 1 heteroatoms. The number of hydrogen-bond acceptors (Lipinski definition) is 0. The summed E-state index contributed by atoms with van der Waals surface area (Å²) in [7, 11) is 0. The van der Waals surface area contributed by atoms with Crippen molar-refractivity contribution in [3.8, 4) is 11.1 Å². The zero-order valence-electron chi connectivity index (χ0n) is 8.07. The molecule has 0 saturated carbocycles. The van der Waals surface area contributed by atoms with E-state index in [0.29, 0.717) is 0 Å². The minimum atomic E-state index is -1.50. The Hall–Kier alpha value is -0.677. The zero-order chi connectivity index (χ0) is 9.54. The molecule has 0 N–H and O–H groups in total. The summed E-state index contributed by atoms with van der Waals surface area (Å²) in [5.41, 5.74) is 3.01. The van der Waals surface area contributed by atoms with Crippen LogP contribution in [-0.2, 0) is 0 Å². The monoisotopic (exact) mass is 376 g/mol. The average molecular weight is 376 g/mol. The molecule has 2 aromatic rings. The van der Waals surface area contributed by atoms with Gasteiger partial charge in [-0.1, -0.05) is 0 Å². The zero-order valence-corrected chi connectivity index (χ0v) is 11.5. The van der Waals surface area contributed by atoms with Gasteiger partial charge in [-0.3, -0.25) is 0 Å². The van der Waals surface area contributed by atoms with E-state index in [-0.39, 0.29) is 0 Å². The van der Waals surface area contributed by atoms with Crippen LogP contribution >= 0.6 is 0 Å². The van der Waals surface area contributed by atoms with Gasteiger partial charge in [0, 0.05) is 0 Å². The molecule has 1 aliphatic rings. The van der Waals surface area contributed by atoms with Crippen molar-refractivity contribution in [2.45, 2.75) is 4.63 Å². The Labute approximate surface area is 92.3 Å². The molecule has 0 atom stereocenters. The van der Waals surface area contributed by atoms with Crippen LogP contribution in [0.2, 0.25) is 4.63 Å². The Morgan fingerprint density at radius 2 is 1.14 bits per heavy atom. The summed E-state index contributed by atoms with van der Waals surface area (Å²) in [5.74, 6) is 0. The van der Waals surface area contributed by atoms with Crippen molar-refractivity contribution in [1.29, 1.82) is 0 Å². The van der Waals surface area contributed by atoms with Gasteiger partial charge in [-0.25, -0.2) is 0 Å². The Bertz CT molecular complexity index is 443. The van der Waals surface area contributed by atoms with Gasteiger partial charge in [0.05, 0.1) is 0 Å². The van der Waals surface area contributed by atoms with Crippen LogP contribution in [0.4, 0.5) is 0 Å². The fraction of sp³-hybridized carbons (Fsp3) is 0.0769. The molecule has 0 nitrogen and oxygen atoms in total. The van der Waals surface area contributed by atoms with Crippen molar-refractivity contribution in [3.05, 3.63) is 48.5 Å². The van der Waals surface area contributed by atoms with E-state index in [1.807, 2.05) is 0 Å². The molecule has 0 saturated heterocycles. The van der Waals surface area contributed by atoms with E-state index in [1.165, 1.54) is 11.1 Å². The van der Waals surface area contributed by atoms with Gasteiger partial charge in [0.15, 0.2) is 0 Å². The van der Waals surface area contributed by atoms with Crippen molar-refractivity contribution in [2.75, 3.05) is 0 Å². The van der Waals surface area contributed by atoms with E-state index < -0.39 is 21.8 Å². The second-order valence-electron chi connectivity index (χ2n) is 3.59. The van der Waals surface area contributed by atoms with E-state index >= 15 is 0 Å². The number of benzene rings is 2.